The van der Waals surface area contributed by atoms with E-state index >= 15 is 0 Å². The highest BCUT2D eigenvalue weighted by Crippen LogP contribution is 2.36. The van der Waals surface area contributed by atoms with Gasteiger partial charge in [-0.3, -0.25) is 19.1 Å². The molecule has 0 bridgehead atoms. The summed E-state index contributed by atoms with van der Waals surface area (Å²) in [5, 5.41) is 14.8. The van der Waals surface area contributed by atoms with E-state index in [-0.39, 0.29) is 35.0 Å². The first kappa shape index (κ1) is 20.4. The number of carboxylic acids is 1. The second kappa shape index (κ2) is 7.73. The molecular formula is C21H17N3O6S. The fourth-order valence-electron chi connectivity index (χ4n) is 3.38. The predicted octanol–water partition coefficient (Wildman–Crippen LogP) is 2.41. The molecule has 0 aliphatic carbocycles. The minimum atomic E-state index is -3.97. The minimum Gasteiger partial charge on any atom is -0.481 e. The van der Waals surface area contributed by atoms with Crippen molar-refractivity contribution in [3.63, 3.8) is 0 Å². The van der Waals surface area contributed by atoms with Crippen LogP contribution in [0.1, 0.15) is 27.1 Å². The number of rotatable bonds is 7. The Kier molecular flexibility index (Phi) is 5.07. The smallest absolute Gasteiger partial charge is 0.305 e. The molecule has 2 amide bonds. The van der Waals surface area contributed by atoms with Gasteiger partial charge in [0.05, 0.1) is 11.3 Å². The average molecular weight is 439 g/mol. The quantitative estimate of drug-likeness (QED) is 0.445. The van der Waals surface area contributed by atoms with Gasteiger partial charge in [0.15, 0.2) is 0 Å². The SMILES string of the molecule is O=C(O)CCNC(=O)c1ccc(NS(=O)(=O)c2ccc3c4c(cccc24)C(=O)N3)cc1. The molecule has 0 fully saturated rings. The van der Waals surface area contributed by atoms with Crippen molar-refractivity contribution in [2.75, 3.05) is 16.6 Å². The van der Waals surface area contributed by atoms with Gasteiger partial charge in [-0.15, -0.1) is 0 Å². The van der Waals surface area contributed by atoms with Crippen molar-refractivity contribution < 1.29 is 27.9 Å². The molecule has 0 saturated carbocycles. The summed E-state index contributed by atoms with van der Waals surface area (Å²) in [6.07, 6.45) is -0.195. The summed E-state index contributed by atoms with van der Waals surface area (Å²) in [5.74, 6) is -1.76. The van der Waals surface area contributed by atoms with E-state index in [2.05, 4.69) is 15.4 Å². The summed E-state index contributed by atoms with van der Waals surface area (Å²) in [7, 11) is -3.97. The average Bonchev–Trinajstić information content (AvgIpc) is 3.05. The Bertz CT molecular complexity index is 1330. The standard InChI is InChI=1S/C21H17N3O6S/c25-18(26)10-11-22-20(27)12-4-6-13(7-5-12)24-31(29,30)17-9-8-16-19-14(17)2-1-3-15(19)21(28)23-16/h1-9,24H,10-11H2,(H,22,27)(H,23,28)(H,25,26). The number of sulfonamides is 1. The van der Waals surface area contributed by atoms with Crippen LogP contribution in [0.2, 0.25) is 0 Å². The maximum atomic E-state index is 13.0. The molecule has 0 saturated heterocycles. The topological polar surface area (TPSA) is 142 Å². The van der Waals surface area contributed by atoms with Crippen molar-refractivity contribution >= 4 is 50.0 Å². The molecule has 9 nitrogen and oxygen atoms in total. The number of nitrogens with one attached hydrogen (secondary N) is 3. The highest BCUT2D eigenvalue weighted by Gasteiger charge is 2.26. The molecule has 158 valence electrons. The summed E-state index contributed by atoms with van der Waals surface area (Å²) < 4.78 is 28.5. The summed E-state index contributed by atoms with van der Waals surface area (Å²) in [4.78, 5) is 34.6. The first-order valence-corrected chi connectivity index (χ1v) is 10.7. The van der Waals surface area contributed by atoms with E-state index in [0.717, 1.165) is 0 Å². The van der Waals surface area contributed by atoms with Crippen molar-refractivity contribution in [3.8, 4) is 0 Å². The third-order valence-corrected chi connectivity index (χ3v) is 6.25. The number of benzene rings is 3. The summed E-state index contributed by atoms with van der Waals surface area (Å²) in [6.45, 7) is -0.00896. The number of hydrogen-bond acceptors (Lipinski definition) is 5. The van der Waals surface area contributed by atoms with Crippen LogP contribution in [0, 0.1) is 0 Å². The highest BCUT2D eigenvalue weighted by atomic mass is 32.2. The number of hydrogen-bond donors (Lipinski definition) is 4. The molecule has 0 aromatic heterocycles. The number of aliphatic carboxylic acids is 1. The molecule has 0 atom stereocenters. The lowest BCUT2D eigenvalue weighted by molar-refractivity contribution is -0.136. The molecule has 0 radical (unpaired) electrons. The Labute approximate surface area is 177 Å². The lowest BCUT2D eigenvalue weighted by atomic mass is 10.1. The second-order valence-electron chi connectivity index (χ2n) is 6.88. The monoisotopic (exact) mass is 439 g/mol. The second-order valence-corrected chi connectivity index (χ2v) is 8.53. The third kappa shape index (κ3) is 3.92. The number of anilines is 2. The maximum Gasteiger partial charge on any atom is 0.305 e. The lowest BCUT2D eigenvalue weighted by Crippen LogP contribution is -2.25. The Hall–Kier alpha value is -3.92. The van der Waals surface area contributed by atoms with Gasteiger partial charge in [-0.2, -0.15) is 0 Å². The maximum absolute atomic E-state index is 13.0. The van der Waals surface area contributed by atoms with E-state index < -0.39 is 21.9 Å². The van der Waals surface area contributed by atoms with Crippen LogP contribution in [0.5, 0.6) is 0 Å². The van der Waals surface area contributed by atoms with Gasteiger partial charge in [0.2, 0.25) is 0 Å². The fraction of sp³-hybridized carbons (Fsp3) is 0.0952. The van der Waals surface area contributed by atoms with E-state index in [0.29, 0.717) is 22.0 Å². The van der Waals surface area contributed by atoms with Gasteiger partial charge in [-0.25, -0.2) is 8.42 Å². The first-order chi connectivity index (χ1) is 14.8. The zero-order valence-corrected chi connectivity index (χ0v) is 16.8. The Morgan fingerprint density at radius 3 is 2.45 bits per heavy atom. The van der Waals surface area contributed by atoms with Gasteiger partial charge in [-0.05, 0) is 42.5 Å². The van der Waals surface area contributed by atoms with Crippen LogP contribution in [0.3, 0.4) is 0 Å². The predicted molar refractivity (Wildman–Crippen MR) is 114 cm³/mol. The fourth-order valence-corrected chi connectivity index (χ4v) is 4.65. The van der Waals surface area contributed by atoms with Crippen LogP contribution in [-0.4, -0.2) is 37.9 Å². The first-order valence-electron chi connectivity index (χ1n) is 9.26. The van der Waals surface area contributed by atoms with Crippen LogP contribution in [0.25, 0.3) is 10.8 Å². The molecule has 4 N–H and O–H groups in total. The van der Waals surface area contributed by atoms with E-state index in [1.54, 1.807) is 24.3 Å². The van der Waals surface area contributed by atoms with Gasteiger partial charge in [0.25, 0.3) is 21.8 Å². The molecule has 1 heterocycles. The van der Waals surface area contributed by atoms with E-state index in [9.17, 15) is 22.8 Å². The van der Waals surface area contributed by atoms with Gasteiger partial charge >= 0.3 is 5.97 Å². The van der Waals surface area contributed by atoms with Crippen molar-refractivity contribution in [2.24, 2.45) is 0 Å². The molecule has 31 heavy (non-hydrogen) atoms. The van der Waals surface area contributed by atoms with Gasteiger partial charge in [0, 0.05) is 39.8 Å². The van der Waals surface area contributed by atoms with Crippen molar-refractivity contribution in [1.82, 2.24) is 5.32 Å². The molecule has 3 aromatic rings. The molecular weight excluding hydrogens is 422 g/mol. The van der Waals surface area contributed by atoms with Crippen LogP contribution < -0.4 is 15.4 Å². The zero-order valence-electron chi connectivity index (χ0n) is 16.0. The van der Waals surface area contributed by atoms with E-state index in [1.165, 1.54) is 30.3 Å². The highest BCUT2D eigenvalue weighted by molar-refractivity contribution is 7.93. The zero-order chi connectivity index (χ0) is 22.2. The van der Waals surface area contributed by atoms with Crippen LogP contribution >= 0.6 is 0 Å². The molecule has 1 aliphatic heterocycles. The minimum absolute atomic E-state index is 0.00896. The summed E-state index contributed by atoms with van der Waals surface area (Å²) in [6, 6.07) is 13.6. The third-order valence-electron chi connectivity index (χ3n) is 4.81. The number of carbonyl (C=O) groups is 3. The van der Waals surface area contributed by atoms with Crippen LogP contribution in [0.4, 0.5) is 11.4 Å². The summed E-state index contributed by atoms with van der Waals surface area (Å²) >= 11 is 0. The van der Waals surface area contributed by atoms with Crippen molar-refractivity contribution in [3.05, 3.63) is 65.7 Å². The Morgan fingerprint density at radius 1 is 1.00 bits per heavy atom. The molecule has 1 aliphatic rings. The lowest BCUT2D eigenvalue weighted by Gasteiger charge is -2.12. The molecule has 10 heteroatoms. The molecule has 0 unspecified atom stereocenters. The number of carboxylic acid groups (broad SMARTS) is 1. The van der Waals surface area contributed by atoms with Crippen molar-refractivity contribution in [2.45, 2.75) is 11.3 Å². The Balaban J connectivity index is 1.56. The van der Waals surface area contributed by atoms with Crippen LogP contribution in [-0.2, 0) is 14.8 Å². The van der Waals surface area contributed by atoms with Gasteiger partial charge < -0.3 is 15.7 Å². The molecule has 0 spiro atoms. The number of amides is 2. The largest absolute Gasteiger partial charge is 0.481 e. The summed E-state index contributed by atoms with van der Waals surface area (Å²) in [5.41, 5.74) is 1.50. The van der Waals surface area contributed by atoms with Gasteiger partial charge in [-0.1, -0.05) is 12.1 Å². The molecule has 3 aromatic carbocycles. The molecule has 4 rings (SSSR count). The van der Waals surface area contributed by atoms with Crippen LogP contribution in [0.15, 0.2) is 59.5 Å². The van der Waals surface area contributed by atoms with E-state index in [4.69, 9.17) is 5.11 Å². The normalized spacial score (nSPS) is 12.5. The van der Waals surface area contributed by atoms with E-state index in [1.807, 2.05) is 0 Å². The Morgan fingerprint density at radius 2 is 1.74 bits per heavy atom. The number of carbonyl (C=O) groups excluding carboxylic acids is 2. The van der Waals surface area contributed by atoms with Gasteiger partial charge in [0.1, 0.15) is 0 Å². The van der Waals surface area contributed by atoms with Crippen molar-refractivity contribution in [1.29, 1.82) is 0 Å².